The van der Waals surface area contributed by atoms with Crippen LogP contribution in [0.2, 0.25) is 6.32 Å². The predicted octanol–water partition coefficient (Wildman–Crippen LogP) is 2.37. The molecule has 0 saturated carbocycles. The third kappa shape index (κ3) is 3.56. The van der Waals surface area contributed by atoms with Crippen molar-refractivity contribution in [3.63, 3.8) is 0 Å². The minimum Gasteiger partial charge on any atom is -0.265 e. The topological polar surface area (TPSA) is 12.4 Å². The fraction of sp³-hybridized carbons (Fsp3) is 0.500. The van der Waals surface area contributed by atoms with Gasteiger partial charge < -0.3 is 0 Å². The fourth-order valence-corrected chi connectivity index (χ4v) is 1.11. The number of hydrogen-bond acceptors (Lipinski definition) is 1. The number of allylic oxidation sites excluding steroid dienone is 3. The standard InChI is InChI=1S/C10H18BN/c1-4-6-7-10(12-3)9(5-2)8-11/h5,7H,3-4,6,8,11H2,1-2H3/b9-5-,10-7+. The van der Waals surface area contributed by atoms with E-state index in [9.17, 15) is 0 Å². The van der Waals surface area contributed by atoms with Crippen LogP contribution in [0.5, 0.6) is 0 Å². The second kappa shape index (κ2) is 6.90. The number of aliphatic imine (C=N–C) groups is 1. The van der Waals surface area contributed by atoms with Crippen molar-refractivity contribution in [1.29, 1.82) is 0 Å². The molecule has 2 heteroatoms. The second-order valence-electron chi connectivity index (χ2n) is 2.70. The van der Waals surface area contributed by atoms with Gasteiger partial charge in [0.25, 0.3) is 0 Å². The maximum absolute atomic E-state index is 4.01. The molecule has 0 N–H and O–H groups in total. The van der Waals surface area contributed by atoms with Crippen LogP contribution in [0, 0.1) is 0 Å². The SMILES string of the molecule is BCC(=C/C)/C(=C\CCC)N=C. The molecular weight excluding hydrogens is 145 g/mol. The van der Waals surface area contributed by atoms with E-state index in [0.29, 0.717) is 0 Å². The van der Waals surface area contributed by atoms with E-state index in [1.165, 1.54) is 12.0 Å². The Morgan fingerprint density at radius 1 is 1.58 bits per heavy atom. The van der Waals surface area contributed by atoms with Gasteiger partial charge in [0.15, 0.2) is 0 Å². The van der Waals surface area contributed by atoms with Crippen LogP contribution in [-0.2, 0) is 0 Å². The summed E-state index contributed by atoms with van der Waals surface area (Å²) in [6.45, 7) is 7.78. The van der Waals surface area contributed by atoms with Crippen molar-refractivity contribution >= 4 is 14.6 Å². The van der Waals surface area contributed by atoms with Gasteiger partial charge in [-0.3, -0.25) is 4.99 Å². The molecule has 0 aromatic heterocycles. The minimum absolute atomic E-state index is 1.03. The van der Waals surface area contributed by atoms with Gasteiger partial charge in [-0.1, -0.05) is 31.8 Å². The summed E-state index contributed by atoms with van der Waals surface area (Å²) in [5, 5.41) is 0. The lowest BCUT2D eigenvalue weighted by Gasteiger charge is -2.03. The highest BCUT2D eigenvalue weighted by atomic mass is 14.7. The molecule has 0 aromatic rings. The smallest absolute Gasteiger partial charge is 0.107 e. The first-order valence-electron chi connectivity index (χ1n) is 4.62. The third-order valence-corrected chi connectivity index (χ3v) is 1.86. The van der Waals surface area contributed by atoms with Crippen LogP contribution >= 0.6 is 0 Å². The molecule has 0 rings (SSSR count). The zero-order valence-electron chi connectivity index (χ0n) is 8.43. The summed E-state index contributed by atoms with van der Waals surface area (Å²) in [5.74, 6) is 0. The van der Waals surface area contributed by atoms with E-state index in [0.717, 1.165) is 18.4 Å². The first-order chi connectivity index (χ1) is 5.79. The monoisotopic (exact) mass is 163 g/mol. The third-order valence-electron chi connectivity index (χ3n) is 1.86. The molecule has 1 nitrogen and oxygen atoms in total. The Morgan fingerprint density at radius 3 is 2.58 bits per heavy atom. The van der Waals surface area contributed by atoms with Crippen molar-refractivity contribution in [3.05, 3.63) is 23.4 Å². The van der Waals surface area contributed by atoms with Gasteiger partial charge >= 0.3 is 0 Å². The summed E-state index contributed by atoms with van der Waals surface area (Å²) in [4.78, 5) is 4.01. The highest BCUT2D eigenvalue weighted by Crippen LogP contribution is 2.15. The van der Waals surface area contributed by atoms with Crippen molar-refractivity contribution < 1.29 is 0 Å². The van der Waals surface area contributed by atoms with Crippen LogP contribution in [0.1, 0.15) is 26.7 Å². The first-order valence-corrected chi connectivity index (χ1v) is 4.62. The van der Waals surface area contributed by atoms with E-state index in [4.69, 9.17) is 0 Å². The summed E-state index contributed by atoms with van der Waals surface area (Å²) in [6, 6.07) is 0. The summed E-state index contributed by atoms with van der Waals surface area (Å²) in [5.41, 5.74) is 2.35. The van der Waals surface area contributed by atoms with Gasteiger partial charge in [0, 0.05) is 0 Å². The fourth-order valence-electron chi connectivity index (χ4n) is 1.11. The quantitative estimate of drug-likeness (QED) is 0.335. The van der Waals surface area contributed by atoms with Crippen LogP contribution in [0.4, 0.5) is 0 Å². The number of hydrogen-bond donors (Lipinski definition) is 0. The average molecular weight is 163 g/mol. The van der Waals surface area contributed by atoms with Crippen LogP contribution in [-0.4, -0.2) is 14.6 Å². The average Bonchev–Trinajstić information content (AvgIpc) is 2.12. The molecule has 0 fully saturated rings. The van der Waals surface area contributed by atoms with Crippen molar-refractivity contribution in [1.82, 2.24) is 0 Å². The van der Waals surface area contributed by atoms with Crippen LogP contribution in [0.25, 0.3) is 0 Å². The number of nitrogens with zero attached hydrogens (tertiary/aromatic N) is 1. The molecule has 0 aromatic carbocycles. The van der Waals surface area contributed by atoms with Gasteiger partial charge in [-0.2, -0.15) is 0 Å². The molecule has 0 aliphatic rings. The molecule has 0 aliphatic heterocycles. The lowest BCUT2D eigenvalue weighted by Crippen LogP contribution is -1.86. The van der Waals surface area contributed by atoms with E-state index in [2.05, 4.69) is 38.6 Å². The van der Waals surface area contributed by atoms with Gasteiger partial charge in [0.2, 0.25) is 0 Å². The molecule has 66 valence electrons. The molecule has 0 aliphatic carbocycles. The predicted molar refractivity (Wildman–Crippen MR) is 59.6 cm³/mol. The Morgan fingerprint density at radius 2 is 2.25 bits per heavy atom. The highest BCUT2D eigenvalue weighted by molar-refractivity contribution is 6.10. The number of rotatable bonds is 5. The summed E-state index contributed by atoms with van der Waals surface area (Å²) in [6.07, 6.45) is 7.55. The Hall–Kier alpha value is -0.785. The maximum Gasteiger partial charge on any atom is 0.107 e. The first kappa shape index (κ1) is 11.2. The zero-order chi connectivity index (χ0) is 9.40. The van der Waals surface area contributed by atoms with Crippen molar-refractivity contribution in [2.75, 3.05) is 0 Å². The summed E-state index contributed by atoms with van der Waals surface area (Å²) >= 11 is 0. The van der Waals surface area contributed by atoms with Crippen molar-refractivity contribution in [3.8, 4) is 0 Å². The van der Waals surface area contributed by atoms with Crippen molar-refractivity contribution in [2.24, 2.45) is 4.99 Å². The van der Waals surface area contributed by atoms with E-state index in [1.807, 2.05) is 6.92 Å². The van der Waals surface area contributed by atoms with E-state index < -0.39 is 0 Å². The van der Waals surface area contributed by atoms with Gasteiger partial charge in [-0.05, 0) is 25.6 Å². The molecule has 0 spiro atoms. The number of unbranched alkanes of at least 4 members (excludes halogenated alkanes) is 1. The van der Waals surface area contributed by atoms with Crippen molar-refractivity contribution in [2.45, 2.75) is 33.0 Å². The molecule has 0 heterocycles. The molecule has 0 radical (unpaired) electrons. The largest absolute Gasteiger partial charge is 0.265 e. The lowest BCUT2D eigenvalue weighted by atomic mass is 9.94. The van der Waals surface area contributed by atoms with Gasteiger partial charge in [-0.15, -0.1) is 0 Å². The van der Waals surface area contributed by atoms with Gasteiger partial charge in [-0.25, -0.2) is 0 Å². The van der Waals surface area contributed by atoms with Gasteiger partial charge in [0.05, 0.1) is 5.70 Å². The molecule has 0 unspecified atom stereocenters. The lowest BCUT2D eigenvalue weighted by molar-refractivity contribution is 0.947. The summed E-state index contributed by atoms with van der Waals surface area (Å²) in [7, 11) is 2.14. The molecule has 0 saturated heterocycles. The highest BCUT2D eigenvalue weighted by Gasteiger charge is 1.97. The Balaban J connectivity index is 4.41. The van der Waals surface area contributed by atoms with Crippen LogP contribution in [0.3, 0.4) is 0 Å². The summed E-state index contributed by atoms with van der Waals surface area (Å²) < 4.78 is 0. The minimum atomic E-state index is 1.03. The zero-order valence-corrected chi connectivity index (χ0v) is 8.43. The molecule has 0 amide bonds. The molecule has 0 bridgehead atoms. The van der Waals surface area contributed by atoms with E-state index >= 15 is 0 Å². The van der Waals surface area contributed by atoms with Crippen LogP contribution in [0.15, 0.2) is 28.4 Å². The normalized spacial score (nSPS) is 13.2. The Labute approximate surface area is 76.7 Å². The Bertz CT molecular complexity index is 192. The van der Waals surface area contributed by atoms with E-state index in [1.54, 1.807) is 0 Å². The van der Waals surface area contributed by atoms with Crippen LogP contribution < -0.4 is 0 Å². The maximum atomic E-state index is 4.01. The molecule has 0 atom stereocenters. The second-order valence-corrected chi connectivity index (χ2v) is 2.70. The van der Waals surface area contributed by atoms with E-state index in [-0.39, 0.29) is 0 Å². The van der Waals surface area contributed by atoms with Gasteiger partial charge in [0.1, 0.15) is 7.85 Å². The molecule has 12 heavy (non-hydrogen) atoms. The molecular formula is C10H18BN. The Kier molecular flexibility index (Phi) is 6.45.